The van der Waals surface area contributed by atoms with Crippen LogP contribution in [0.4, 0.5) is 4.79 Å². The molecule has 8 nitrogen and oxygen atoms in total. The molecule has 1 aliphatic rings. The maximum atomic E-state index is 12.2. The highest BCUT2D eigenvalue weighted by Gasteiger charge is 2.35. The molecule has 0 aromatic heterocycles. The molecule has 0 spiro atoms. The zero-order chi connectivity index (χ0) is 24.2. The zero-order valence-electron chi connectivity index (χ0n) is 20.1. The molecule has 1 aliphatic carbocycles. The molecule has 0 atom stereocenters. The molecule has 0 aliphatic heterocycles. The van der Waals surface area contributed by atoms with Gasteiger partial charge in [0.1, 0.15) is 11.4 Å². The van der Waals surface area contributed by atoms with Crippen molar-refractivity contribution in [3.63, 3.8) is 0 Å². The van der Waals surface area contributed by atoms with E-state index < -0.39 is 23.5 Å². The average Bonchev–Trinajstić information content (AvgIpc) is 3.17. The molecule has 180 valence electrons. The van der Waals surface area contributed by atoms with Crippen LogP contribution in [0.3, 0.4) is 0 Å². The number of nitrogens with zero attached hydrogens (tertiary/aromatic N) is 2. The average molecular weight is 469 g/mol. The molecule has 1 rings (SSSR count). The normalized spacial score (nSPS) is 16.7. The number of allylic oxidation sites excluding steroid dienone is 1. The van der Waals surface area contributed by atoms with E-state index in [9.17, 15) is 4.79 Å². The van der Waals surface area contributed by atoms with Crippen LogP contribution in [0.25, 0.3) is 0 Å². The molecule has 1 saturated carbocycles. The van der Waals surface area contributed by atoms with Crippen molar-refractivity contribution in [2.45, 2.75) is 84.7 Å². The Hall–Kier alpha value is -2.08. The summed E-state index contributed by atoms with van der Waals surface area (Å²) in [6.07, 6.45) is 2.65. The third-order valence-electron chi connectivity index (χ3n) is 4.62. The van der Waals surface area contributed by atoms with Gasteiger partial charge in [0.15, 0.2) is 0 Å². The fourth-order valence-electron chi connectivity index (χ4n) is 3.20. The van der Waals surface area contributed by atoms with Crippen LogP contribution in [-0.2, 0) is 14.2 Å². The Kier molecular flexibility index (Phi) is 11.8. The van der Waals surface area contributed by atoms with Crippen LogP contribution in [0.1, 0.15) is 67.2 Å². The van der Waals surface area contributed by atoms with Crippen molar-refractivity contribution in [2.24, 2.45) is 9.98 Å². The lowest BCUT2D eigenvalue weighted by atomic mass is 9.97. The molecule has 0 aromatic rings. The number of alkyl carbamates (subject to hydrolysis) is 1. The Morgan fingerprint density at radius 3 is 2.31 bits per heavy atom. The molecule has 0 heterocycles. The molecular formula is C23H37ClN4O4. The highest BCUT2D eigenvalue weighted by Crippen LogP contribution is 2.31. The SMILES string of the molecule is C=NC(Cl)=N/C(NC1(CNC(=O)OC(C)(C)C)CCCC1)=C(\C)C#CC(OCC)OCC. The van der Waals surface area contributed by atoms with Gasteiger partial charge in [0, 0.05) is 25.3 Å². The summed E-state index contributed by atoms with van der Waals surface area (Å²) < 4.78 is 16.3. The van der Waals surface area contributed by atoms with Gasteiger partial charge in [-0.3, -0.25) is 0 Å². The third kappa shape index (κ3) is 10.5. The largest absolute Gasteiger partial charge is 0.444 e. The molecule has 0 unspecified atom stereocenters. The van der Waals surface area contributed by atoms with Gasteiger partial charge in [-0.15, -0.1) is 0 Å². The number of carbonyl (C=O) groups excluding carboxylic acids is 1. The molecule has 0 saturated heterocycles. The minimum Gasteiger partial charge on any atom is -0.444 e. The quantitative estimate of drug-likeness (QED) is 0.172. The second-order valence-corrected chi connectivity index (χ2v) is 8.83. The molecule has 2 N–H and O–H groups in total. The second kappa shape index (κ2) is 13.5. The molecule has 1 amide bonds. The number of carbonyl (C=O) groups is 1. The van der Waals surface area contributed by atoms with Crippen LogP contribution in [0, 0.1) is 11.8 Å². The van der Waals surface area contributed by atoms with Gasteiger partial charge in [0.2, 0.25) is 11.6 Å². The summed E-state index contributed by atoms with van der Waals surface area (Å²) in [5, 5.41) is 6.34. The number of rotatable bonds is 9. The monoisotopic (exact) mass is 468 g/mol. The van der Waals surface area contributed by atoms with Crippen LogP contribution in [0.5, 0.6) is 0 Å². The van der Waals surface area contributed by atoms with Crippen molar-refractivity contribution in [3.05, 3.63) is 11.4 Å². The van der Waals surface area contributed by atoms with E-state index in [1.807, 2.05) is 41.5 Å². The lowest BCUT2D eigenvalue weighted by molar-refractivity contribution is -0.0970. The first-order valence-corrected chi connectivity index (χ1v) is 11.3. The zero-order valence-corrected chi connectivity index (χ0v) is 20.9. The summed E-state index contributed by atoms with van der Waals surface area (Å²) >= 11 is 6.06. The van der Waals surface area contributed by atoms with Crippen LogP contribution < -0.4 is 10.6 Å². The Labute approximate surface area is 197 Å². The second-order valence-electron chi connectivity index (χ2n) is 8.49. The first-order chi connectivity index (χ1) is 15.0. The summed E-state index contributed by atoms with van der Waals surface area (Å²) in [5.74, 6) is 6.48. The highest BCUT2D eigenvalue weighted by molar-refractivity contribution is 6.65. The standard InChI is InChI=1S/C23H37ClN4O4/c1-8-30-18(31-9-2)13-12-17(3)19(27-20(24)25-7)28-23(14-10-11-15-23)16-26-21(29)32-22(4,5)6/h18,28H,7-11,14-16H2,1-6H3,(H,26,29)/b19-17-,27-20?. The maximum Gasteiger partial charge on any atom is 0.407 e. The Morgan fingerprint density at radius 1 is 1.22 bits per heavy atom. The molecule has 0 radical (unpaired) electrons. The number of hydrogen-bond acceptors (Lipinski definition) is 6. The summed E-state index contributed by atoms with van der Waals surface area (Å²) in [6.45, 7) is 15.8. The van der Waals surface area contributed by atoms with Crippen molar-refractivity contribution < 1.29 is 19.0 Å². The van der Waals surface area contributed by atoms with E-state index in [2.05, 4.69) is 39.2 Å². The summed E-state index contributed by atoms with van der Waals surface area (Å²) in [7, 11) is 0. The minimum absolute atomic E-state index is 0.00642. The molecular weight excluding hydrogens is 432 g/mol. The van der Waals surface area contributed by atoms with Crippen molar-refractivity contribution in [1.82, 2.24) is 10.6 Å². The number of aliphatic imine (C=N–C) groups is 2. The maximum absolute atomic E-state index is 12.2. The van der Waals surface area contributed by atoms with E-state index >= 15 is 0 Å². The number of amidine groups is 1. The van der Waals surface area contributed by atoms with Crippen molar-refractivity contribution >= 4 is 29.7 Å². The Morgan fingerprint density at radius 2 is 1.81 bits per heavy atom. The van der Waals surface area contributed by atoms with Gasteiger partial charge < -0.3 is 24.8 Å². The molecule has 1 fully saturated rings. The van der Waals surface area contributed by atoms with E-state index in [1.54, 1.807) is 0 Å². The fourth-order valence-corrected chi connectivity index (χ4v) is 3.28. The predicted molar refractivity (Wildman–Crippen MR) is 129 cm³/mol. The summed E-state index contributed by atoms with van der Waals surface area (Å²) in [5.41, 5.74) is -0.335. The predicted octanol–water partition coefficient (Wildman–Crippen LogP) is 4.34. The van der Waals surface area contributed by atoms with Crippen LogP contribution in [-0.4, -0.2) is 55.3 Å². The first kappa shape index (κ1) is 28.0. The number of amides is 1. The van der Waals surface area contributed by atoms with Gasteiger partial charge in [-0.2, -0.15) is 4.99 Å². The fraction of sp³-hybridized carbons (Fsp3) is 0.696. The van der Waals surface area contributed by atoms with E-state index in [0.717, 1.165) is 25.7 Å². The number of nitrogens with one attached hydrogen (secondary N) is 2. The van der Waals surface area contributed by atoms with Crippen molar-refractivity contribution in [3.8, 4) is 11.8 Å². The smallest absolute Gasteiger partial charge is 0.407 e. The van der Waals surface area contributed by atoms with Gasteiger partial charge in [0.25, 0.3) is 0 Å². The van der Waals surface area contributed by atoms with Gasteiger partial charge in [0.05, 0.1) is 5.54 Å². The van der Waals surface area contributed by atoms with Crippen LogP contribution in [0.2, 0.25) is 0 Å². The molecule has 0 aromatic carbocycles. The minimum atomic E-state index is -0.632. The van der Waals surface area contributed by atoms with Crippen LogP contribution in [0.15, 0.2) is 21.4 Å². The number of ether oxygens (including phenoxy) is 3. The van der Waals surface area contributed by atoms with E-state index in [0.29, 0.717) is 31.2 Å². The number of halogens is 1. The summed E-state index contributed by atoms with van der Waals surface area (Å²) in [6, 6.07) is 0. The van der Waals surface area contributed by atoms with Gasteiger partial charge in [-0.05, 0) is 78.6 Å². The Bertz CT molecular complexity index is 750. The van der Waals surface area contributed by atoms with E-state index in [1.165, 1.54) is 0 Å². The van der Waals surface area contributed by atoms with Gasteiger partial charge in [-0.1, -0.05) is 18.8 Å². The molecule has 0 bridgehead atoms. The molecule has 9 heteroatoms. The third-order valence-corrected chi connectivity index (χ3v) is 4.82. The lowest BCUT2D eigenvalue weighted by Gasteiger charge is -2.32. The highest BCUT2D eigenvalue weighted by atomic mass is 35.5. The van der Waals surface area contributed by atoms with Gasteiger partial charge >= 0.3 is 6.09 Å². The molecule has 32 heavy (non-hydrogen) atoms. The Balaban J connectivity index is 3.14. The first-order valence-electron chi connectivity index (χ1n) is 11.0. The van der Waals surface area contributed by atoms with Crippen LogP contribution >= 0.6 is 11.6 Å². The summed E-state index contributed by atoms with van der Waals surface area (Å²) in [4.78, 5) is 20.2. The van der Waals surface area contributed by atoms with E-state index in [4.69, 9.17) is 25.8 Å². The van der Waals surface area contributed by atoms with Crippen molar-refractivity contribution in [1.29, 1.82) is 0 Å². The number of hydrogen-bond donors (Lipinski definition) is 2. The lowest BCUT2D eigenvalue weighted by Crippen LogP contribution is -2.52. The van der Waals surface area contributed by atoms with E-state index in [-0.39, 0.29) is 5.29 Å². The van der Waals surface area contributed by atoms with Gasteiger partial charge in [-0.25, -0.2) is 9.79 Å². The van der Waals surface area contributed by atoms with Crippen molar-refractivity contribution in [2.75, 3.05) is 19.8 Å². The topological polar surface area (TPSA) is 93.5 Å².